The van der Waals surface area contributed by atoms with Crippen molar-refractivity contribution in [2.24, 2.45) is 0 Å². The average Bonchev–Trinajstić information content (AvgIpc) is 2.38. The molecule has 114 valence electrons. The second-order valence-corrected chi connectivity index (χ2v) is 4.67. The summed E-state index contributed by atoms with van der Waals surface area (Å²) in [7, 11) is 0. The van der Waals surface area contributed by atoms with Crippen LogP contribution in [0, 0.1) is 0 Å². The molecule has 20 heavy (non-hydrogen) atoms. The lowest BCUT2D eigenvalue weighted by atomic mass is 10.2. The van der Waals surface area contributed by atoms with Crippen molar-refractivity contribution < 1.29 is 13.2 Å². The molecule has 6 heteroatoms. The van der Waals surface area contributed by atoms with E-state index in [1.54, 1.807) is 0 Å². The van der Waals surface area contributed by atoms with Crippen molar-refractivity contribution in [1.29, 1.82) is 0 Å². The number of hydrogen-bond donors (Lipinski definition) is 1. The van der Waals surface area contributed by atoms with Gasteiger partial charge in [-0.3, -0.25) is 0 Å². The minimum Gasteiger partial charge on any atom is -0.370 e. The Balaban J connectivity index is 3.26. The molecular weight excluding hydrogens is 267 g/mol. The minimum absolute atomic E-state index is 0.144. The molecule has 0 spiro atoms. The van der Waals surface area contributed by atoms with Gasteiger partial charge in [-0.2, -0.15) is 13.2 Å². The smallest absolute Gasteiger partial charge is 0.370 e. The fourth-order valence-corrected chi connectivity index (χ4v) is 2.02. The average molecular weight is 289 g/mol. The molecule has 0 amide bonds. The summed E-state index contributed by atoms with van der Waals surface area (Å²) in [6.45, 7) is 8.89. The van der Waals surface area contributed by atoms with Crippen LogP contribution in [0.5, 0.6) is 0 Å². The summed E-state index contributed by atoms with van der Waals surface area (Å²) < 4.78 is 38.9. The van der Waals surface area contributed by atoms with E-state index in [0.29, 0.717) is 18.9 Å². The van der Waals surface area contributed by atoms with Gasteiger partial charge in [0, 0.05) is 19.1 Å². The van der Waals surface area contributed by atoms with Crippen molar-refractivity contribution in [2.75, 3.05) is 23.3 Å². The van der Waals surface area contributed by atoms with Gasteiger partial charge in [-0.25, -0.2) is 4.98 Å². The summed E-state index contributed by atoms with van der Waals surface area (Å²) in [6.07, 6.45) is -3.51. The summed E-state index contributed by atoms with van der Waals surface area (Å²) in [4.78, 5) is 6.18. The van der Waals surface area contributed by atoms with E-state index in [1.165, 1.54) is 0 Å². The van der Waals surface area contributed by atoms with Gasteiger partial charge in [0.1, 0.15) is 11.6 Å². The monoisotopic (exact) mass is 289 g/mol. The van der Waals surface area contributed by atoms with E-state index in [1.807, 2.05) is 32.6 Å². The third-order valence-electron chi connectivity index (χ3n) is 3.25. The number of alkyl halides is 3. The maximum Gasteiger partial charge on any atom is 0.416 e. The summed E-state index contributed by atoms with van der Waals surface area (Å²) in [5, 5.41) is 2.86. The van der Waals surface area contributed by atoms with Gasteiger partial charge >= 0.3 is 6.18 Å². The quantitative estimate of drug-likeness (QED) is 0.852. The van der Waals surface area contributed by atoms with Gasteiger partial charge in [0.2, 0.25) is 0 Å². The zero-order chi connectivity index (χ0) is 15.3. The van der Waals surface area contributed by atoms with Gasteiger partial charge in [-0.05, 0) is 39.3 Å². The molecule has 1 N–H and O–H groups in total. The SMILES string of the molecule is CCNc1cc(C(F)(F)F)cc(N(CC)C(C)CC)n1. The van der Waals surface area contributed by atoms with Crippen LogP contribution in [-0.4, -0.2) is 24.1 Å². The highest BCUT2D eigenvalue weighted by molar-refractivity contribution is 5.51. The normalized spacial score (nSPS) is 13.2. The Labute approximate surface area is 118 Å². The number of pyridine rings is 1. The van der Waals surface area contributed by atoms with Gasteiger partial charge in [-0.1, -0.05) is 6.92 Å². The minimum atomic E-state index is -4.36. The van der Waals surface area contributed by atoms with E-state index >= 15 is 0 Å². The van der Waals surface area contributed by atoms with Gasteiger partial charge in [0.15, 0.2) is 0 Å². The van der Waals surface area contributed by atoms with Crippen LogP contribution in [0.1, 0.15) is 39.7 Å². The molecule has 0 saturated carbocycles. The summed E-state index contributed by atoms with van der Waals surface area (Å²) >= 11 is 0. The highest BCUT2D eigenvalue weighted by Gasteiger charge is 2.32. The number of aromatic nitrogens is 1. The molecule has 1 unspecified atom stereocenters. The van der Waals surface area contributed by atoms with E-state index in [2.05, 4.69) is 10.3 Å². The van der Waals surface area contributed by atoms with Crippen LogP contribution in [-0.2, 0) is 6.18 Å². The van der Waals surface area contributed by atoms with E-state index < -0.39 is 11.7 Å². The predicted octanol–water partition coefficient (Wildman–Crippen LogP) is 4.16. The molecule has 1 aromatic heterocycles. The summed E-state index contributed by atoms with van der Waals surface area (Å²) in [6, 6.07) is 2.32. The third kappa shape index (κ3) is 4.02. The zero-order valence-electron chi connectivity index (χ0n) is 12.4. The number of anilines is 2. The Bertz CT molecular complexity index is 432. The summed E-state index contributed by atoms with van der Waals surface area (Å²) in [5.41, 5.74) is -0.666. The maximum absolute atomic E-state index is 13.0. The van der Waals surface area contributed by atoms with Crippen molar-refractivity contribution in [3.05, 3.63) is 17.7 Å². The molecule has 3 nitrogen and oxygen atoms in total. The van der Waals surface area contributed by atoms with Gasteiger partial charge < -0.3 is 10.2 Å². The first-order valence-electron chi connectivity index (χ1n) is 6.93. The number of nitrogens with one attached hydrogen (secondary N) is 1. The largest absolute Gasteiger partial charge is 0.416 e. The molecule has 0 aromatic carbocycles. The van der Waals surface area contributed by atoms with Crippen LogP contribution in [0.15, 0.2) is 12.1 Å². The summed E-state index contributed by atoms with van der Waals surface area (Å²) in [5.74, 6) is 0.631. The maximum atomic E-state index is 13.0. The molecule has 1 atom stereocenters. The molecule has 0 saturated heterocycles. The molecular formula is C14H22F3N3. The highest BCUT2D eigenvalue weighted by Crippen LogP contribution is 2.33. The van der Waals surface area contributed by atoms with E-state index in [0.717, 1.165) is 18.6 Å². The Morgan fingerprint density at radius 1 is 1.25 bits per heavy atom. The van der Waals surface area contributed by atoms with E-state index in [9.17, 15) is 13.2 Å². The number of nitrogens with zero attached hydrogens (tertiary/aromatic N) is 2. The Morgan fingerprint density at radius 3 is 2.35 bits per heavy atom. The van der Waals surface area contributed by atoms with E-state index in [-0.39, 0.29) is 11.9 Å². The fraction of sp³-hybridized carbons (Fsp3) is 0.643. The second-order valence-electron chi connectivity index (χ2n) is 4.67. The molecule has 0 radical (unpaired) electrons. The first-order chi connectivity index (χ1) is 9.33. The molecule has 0 aliphatic heterocycles. The van der Waals surface area contributed by atoms with Crippen LogP contribution in [0.3, 0.4) is 0 Å². The van der Waals surface area contributed by atoms with Crippen LogP contribution < -0.4 is 10.2 Å². The first-order valence-corrected chi connectivity index (χ1v) is 6.93. The lowest BCUT2D eigenvalue weighted by molar-refractivity contribution is -0.137. The Hall–Kier alpha value is -1.46. The zero-order valence-corrected chi connectivity index (χ0v) is 12.4. The van der Waals surface area contributed by atoms with Crippen LogP contribution in [0.2, 0.25) is 0 Å². The topological polar surface area (TPSA) is 28.2 Å². The lowest BCUT2D eigenvalue weighted by Crippen LogP contribution is -2.33. The highest BCUT2D eigenvalue weighted by atomic mass is 19.4. The fourth-order valence-electron chi connectivity index (χ4n) is 2.02. The van der Waals surface area contributed by atoms with Gasteiger partial charge in [0.25, 0.3) is 0 Å². The molecule has 0 aliphatic rings. The number of halogens is 3. The van der Waals surface area contributed by atoms with E-state index in [4.69, 9.17) is 0 Å². The van der Waals surface area contributed by atoms with Crippen molar-refractivity contribution in [1.82, 2.24) is 4.98 Å². The van der Waals surface area contributed by atoms with Crippen LogP contribution >= 0.6 is 0 Å². The predicted molar refractivity (Wildman–Crippen MR) is 76.2 cm³/mol. The van der Waals surface area contributed by atoms with Crippen molar-refractivity contribution in [3.63, 3.8) is 0 Å². The van der Waals surface area contributed by atoms with Crippen molar-refractivity contribution in [3.8, 4) is 0 Å². The Morgan fingerprint density at radius 2 is 1.90 bits per heavy atom. The van der Waals surface area contributed by atoms with Crippen LogP contribution in [0.25, 0.3) is 0 Å². The molecule has 0 bridgehead atoms. The second kappa shape index (κ2) is 6.81. The number of rotatable bonds is 6. The molecule has 1 heterocycles. The molecule has 1 rings (SSSR count). The molecule has 0 aliphatic carbocycles. The lowest BCUT2D eigenvalue weighted by Gasteiger charge is -2.29. The Kier molecular flexibility index (Phi) is 5.65. The van der Waals surface area contributed by atoms with Crippen molar-refractivity contribution >= 4 is 11.6 Å². The standard InChI is InChI=1S/C14H22F3N3/c1-5-10(4)20(7-3)13-9-11(14(15,16)17)8-12(19-13)18-6-2/h8-10H,5-7H2,1-4H3,(H,18,19). The molecule has 1 aromatic rings. The van der Waals surface area contributed by atoms with Crippen molar-refractivity contribution in [2.45, 2.75) is 46.3 Å². The van der Waals surface area contributed by atoms with Gasteiger partial charge in [0.05, 0.1) is 5.56 Å². The molecule has 0 fully saturated rings. The van der Waals surface area contributed by atoms with Gasteiger partial charge in [-0.15, -0.1) is 0 Å². The number of hydrogen-bond acceptors (Lipinski definition) is 3. The third-order valence-corrected chi connectivity index (χ3v) is 3.25. The van der Waals surface area contributed by atoms with Crippen LogP contribution in [0.4, 0.5) is 24.8 Å². The first kappa shape index (κ1) is 16.6.